The van der Waals surface area contributed by atoms with E-state index in [0.717, 1.165) is 26.2 Å². The van der Waals surface area contributed by atoms with E-state index in [4.69, 9.17) is 4.74 Å². The van der Waals surface area contributed by atoms with Gasteiger partial charge in [0.05, 0.1) is 6.10 Å². The Morgan fingerprint density at radius 3 is 2.93 bits per heavy atom. The molecule has 0 saturated carbocycles. The van der Waals surface area contributed by atoms with E-state index in [0.29, 0.717) is 12.1 Å². The smallest absolute Gasteiger partial charge is 0.0673 e. The van der Waals surface area contributed by atoms with Crippen LogP contribution in [0.2, 0.25) is 0 Å². The Kier molecular flexibility index (Phi) is 6.22. The van der Waals surface area contributed by atoms with Crippen molar-refractivity contribution in [2.45, 2.75) is 45.8 Å². The van der Waals surface area contributed by atoms with Crippen LogP contribution < -0.4 is 5.32 Å². The first-order chi connectivity index (χ1) is 7.26. The molecule has 0 bridgehead atoms. The molecule has 1 saturated heterocycles. The Hall–Kier alpha value is -0.120. The molecule has 1 rings (SSSR count). The van der Waals surface area contributed by atoms with Crippen molar-refractivity contribution in [2.24, 2.45) is 0 Å². The monoisotopic (exact) mass is 214 g/mol. The summed E-state index contributed by atoms with van der Waals surface area (Å²) in [7, 11) is 0. The lowest BCUT2D eigenvalue weighted by Gasteiger charge is -2.27. The van der Waals surface area contributed by atoms with Crippen LogP contribution >= 0.6 is 0 Å². The summed E-state index contributed by atoms with van der Waals surface area (Å²) in [6, 6.07) is 0.639. The van der Waals surface area contributed by atoms with Gasteiger partial charge in [-0.2, -0.15) is 0 Å². The SMILES string of the molecule is CCNC(CC)CN1CCCOC(C)C1. The molecule has 1 aliphatic rings. The molecule has 15 heavy (non-hydrogen) atoms. The molecule has 0 radical (unpaired) electrons. The summed E-state index contributed by atoms with van der Waals surface area (Å²) in [5.41, 5.74) is 0. The maximum Gasteiger partial charge on any atom is 0.0673 e. The van der Waals surface area contributed by atoms with Gasteiger partial charge in [0.25, 0.3) is 0 Å². The van der Waals surface area contributed by atoms with Crippen molar-refractivity contribution in [3.8, 4) is 0 Å². The summed E-state index contributed by atoms with van der Waals surface area (Å²) in [6.07, 6.45) is 2.78. The third kappa shape index (κ3) is 4.96. The molecule has 3 heteroatoms. The van der Waals surface area contributed by atoms with E-state index in [1.165, 1.54) is 19.4 Å². The number of nitrogens with zero attached hydrogens (tertiary/aromatic N) is 1. The van der Waals surface area contributed by atoms with Gasteiger partial charge in [0.2, 0.25) is 0 Å². The summed E-state index contributed by atoms with van der Waals surface area (Å²) in [5, 5.41) is 3.53. The Balaban J connectivity index is 2.33. The molecule has 1 aliphatic heterocycles. The first-order valence-electron chi connectivity index (χ1n) is 6.33. The van der Waals surface area contributed by atoms with E-state index in [1.54, 1.807) is 0 Å². The minimum Gasteiger partial charge on any atom is -0.377 e. The van der Waals surface area contributed by atoms with Gasteiger partial charge in [0, 0.05) is 32.3 Å². The summed E-state index contributed by atoms with van der Waals surface area (Å²) in [4.78, 5) is 2.54. The maximum absolute atomic E-state index is 5.65. The van der Waals surface area contributed by atoms with Gasteiger partial charge >= 0.3 is 0 Å². The topological polar surface area (TPSA) is 24.5 Å². The van der Waals surface area contributed by atoms with Crippen molar-refractivity contribution < 1.29 is 4.74 Å². The number of rotatable bonds is 5. The average molecular weight is 214 g/mol. The molecule has 0 aromatic carbocycles. The van der Waals surface area contributed by atoms with E-state index in [-0.39, 0.29) is 0 Å². The van der Waals surface area contributed by atoms with E-state index in [2.05, 4.69) is 31.0 Å². The van der Waals surface area contributed by atoms with Crippen LogP contribution in [0.5, 0.6) is 0 Å². The van der Waals surface area contributed by atoms with Crippen LogP contribution in [0.15, 0.2) is 0 Å². The van der Waals surface area contributed by atoms with Gasteiger partial charge in [-0.05, 0) is 26.3 Å². The van der Waals surface area contributed by atoms with E-state index in [9.17, 15) is 0 Å². The zero-order chi connectivity index (χ0) is 11.1. The molecule has 2 unspecified atom stereocenters. The number of nitrogens with one attached hydrogen (secondary N) is 1. The second-order valence-electron chi connectivity index (χ2n) is 4.46. The number of likely N-dealkylation sites (N-methyl/N-ethyl adjacent to an activating group) is 1. The van der Waals surface area contributed by atoms with Crippen LogP contribution in [0.1, 0.15) is 33.6 Å². The van der Waals surface area contributed by atoms with Crippen molar-refractivity contribution in [1.82, 2.24) is 10.2 Å². The van der Waals surface area contributed by atoms with Crippen LogP contribution in [-0.2, 0) is 4.74 Å². The zero-order valence-electron chi connectivity index (χ0n) is 10.5. The Bertz CT molecular complexity index is 164. The van der Waals surface area contributed by atoms with Crippen molar-refractivity contribution in [1.29, 1.82) is 0 Å². The Labute approximate surface area is 94.2 Å². The largest absolute Gasteiger partial charge is 0.377 e. The molecule has 0 aromatic heterocycles. The third-order valence-corrected chi connectivity index (χ3v) is 3.00. The Morgan fingerprint density at radius 1 is 1.47 bits per heavy atom. The predicted molar refractivity (Wildman–Crippen MR) is 64.2 cm³/mol. The van der Waals surface area contributed by atoms with E-state index < -0.39 is 0 Å². The van der Waals surface area contributed by atoms with Crippen molar-refractivity contribution >= 4 is 0 Å². The second-order valence-corrected chi connectivity index (χ2v) is 4.46. The van der Waals surface area contributed by atoms with Gasteiger partial charge in [-0.25, -0.2) is 0 Å². The fraction of sp³-hybridized carbons (Fsp3) is 1.00. The molecular formula is C12H26N2O. The molecule has 2 atom stereocenters. The van der Waals surface area contributed by atoms with Crippen LogP contribution in [-0.4, -0.2) is 49.8 Å². The first-order valence-corrected chi connectivity index (χ1v) is 6.33. The molecule has 0 aromatic rings. The van der Waals surface area contributed by atoms with Crippen molar-refractivity contribution in [3.05, 3.63) is 0 Å². The minimum absolute atomic E-state index is 0.395. The molecule has 0 aliphatic carbocycles. The molecule has 1 N–H and O–H groups in total. The third-order valence-electron chi connectivity index (χ3n) is 3.00. The molecule has 0 amide bonds. The molecule has 90 valence electrons. The van der Waals surface area contributed by atoms with E-state index >= 15 is 0 Å². The normalized spacial score (nSPS) is 26.2. The van der Waals surface area contributed by atoms with Gasteiger partial charge in [0.15, 0.2) is 0 Å². The van der Waals surface area contributed by atoms with Gasteiger partial charge in [-0.15, -0.1) is 0 Å². The highest BCUT2D eigenvalue weighted by Gasteiger charge is 2.17. The maximum atomic E-state index is 5.65. The standard InChI is InChI=1S/C12H26N2O/c1-4-12(13-5-2)10-14-7-6-8-15-11(3)9-14/h11-13H,4-10H2,1-3H3. The molecule has 3 nitrogen and oxygen atoms in total. The lowest BCUT2D eigenvalue weighted by atomic mass is 10.2. The van der Waals surface area contributed by atoms with Gasteiger partial charge in [0.1, 0.15) is 0 Å². The van der Waals surface area contributed by atoms with Crippen LogP contribution in [0, 0.1) is 0 Å². The van der Waals surface area contributed by atoms with Crippen LogP contribution in [0.4, 0.5) is 0 Å². The molecular weight excluding hydrogens is 188 g/mol. The fourth-order valence-corrected chi connectivity index (χ4v) is 2.18. The van der Waals surface area contributed by atoms with Crippen molar-refractivity contribution in [3.63, 3.8) is 0 Å². The second kappa shape index (κ2) is 7.20. The minimum atomic E-state index is 0.395. The van der Waals surface area contributed by atoms with Crippen molar-refractivity contribution in [2.75, 3.05) is 32.8 Å². The Morgan fingerprint density at radius 2 is 2.27 bits per heavy atom. The molecule has 0 spiro atoms. The summed E-state index contributed by atoms with van der Waals surface area (Å²) >= 11 is 0. The molecule has 1 fully saturated rings. The average Bonchev–Trinajstić information content (AvgIpc) is 2.42. The number of ether oxygens (including phenoxy) is 1. The van der Waals surface area contributed by atoms with Gasteiger partial charge < -0.3 is 10.1 Å². The lowest BCUT2D eigenvalue weighted by molar-refractivity contribution is 0.0664. The highest BCUT2D eigenvalue weighted by molar-refractivity contribution is 4.73. The molecule has 1 heterocycles. The first kappa shape index (κ1) is 12.9. The van der Waals surface area contributed by atoms with Gasteiger partial charge in [-0.1, -0.05) is 13.8 Å². The quantitative estimate of drug-likeness (QED) is 0.750. The number of hydrogen-bond donors (Lipinski definition) is 1. The predicted octanol–water partition coefficient (Wildman–Crippen LogP) is 1.49. The number of hydrogen-bond acceptors (Lipinski definition) is 3. The fourth-order valence-electron chi connectivity index (χ4n) is 2.18. The lowest BCUT2D eigenvalue weighted by Crippen LogP contribution is -2.42. The van der Waals surface area contributed by atoms with Crippen LogP contribution in [0.3, 0.4) is 0 Å². The highest BCUT2D eigenvalue weighted by Crippen LogP contribution is 2.06. The zero-order valence-corrected chi connectivity index (χ0v) is 10.5. The van der Waals surface area contributed by atoms with Gasteiger partial charge in [-0.3, -0.25) is 4.90 Å². The summed E-state index contributed by atoms with van der Waals surface area (Å²) < 4.78 is 5.65. The van der Waals surface area contributed by atoms with Crippen LogP contribution in [0.25, 0.3) is 0 Å². The summed E-state index contributed by atoms with van der Waals surface area (Å²) in [6.45, 7) is 12.0. The van der Waals surface area contributed by atoms with E-state index in [1.807, 2.05) is 0 Å². The summed E-state index contributed by atoms with van der Waals surface area (Å²) in [5.74, 6) is 0. The highest BCUT2D eigenvalue weighted by atomic mass is 16.5.